The second-order valence-electron chi connectivity index (χ2n) is 9.08. The minimum Gasteiger partial charge on any atom is -0.381 e. The Morgan fingerprint density at radius 3 is 2.60 bits per heavy atom. The van der Waals surface area contributed by atoms with Crippen molar-refractivity contribution in [3.05, 3.63) is 29.6 Å². The van der Waals surface area contributed by atoms with Crippen molar-refractivity contribution >= 4 is 15.9 Å². The van der Waals surface area contributed by atoms with Gasteiger partial charge in [-0.25, -0.2) is 12.8 Å². The average molecular weight is 439 g/mol. The van der Waals surface area contributed by atoms with Crippen molar-refractivity contribution in [2.75, 3.05) is 26.3 Å². The third kappa shape index (κ3) is 4.14. The molecule has 1 unspecified atom stereocenters. The van der Waals surface area contributed by atoms with Gasteiger partial charge in [-0.2, -0.15) is 4.31 Å². The molecule has 1 aromatic carbocycles. The Morgan fingerprint density at radius 1 is 1.20 bits per heavy atom. The van der Waals surface area contributed by atoms with Crippen LogP contribution in [0.25, 0.3) is 0 Å². The van der Waals surface area contributed by atoms with Crippen LogP contribution in [0.15, 0.2) is 23.1 Å². The molecule has 1 saturated carbocycles. The molecule has 30 heavy (non-hydrogen) atoms. The predicted octanol–water partition coefficient (Wildman–Crippen LogP) is 3.00. The summed E-state index contributed by atoms with van der Waals surface area (Å²) in [5.74, 6) is -1.03. The number of ether oxygens (including phenoxy) is 1. The molecule has 0 bridgehead atoms. The summed E-state index contributed by atoms with van der Waals surface area (Å²) >= 11 is 0. The van der Waals surface area contributed by atoms with Crippen molar-refractivity contribution in [1.82, 2.24) is 9.62 Å². The molecule has 8 heteroatoms. The molecule has 1 amide bonds. The summed E-state index contributed by atoms with van der Waals surface area (Å²) in [6.45, 7) is 3.13. The summed E-state index contributed by atoms with van der Waals surface area (Å²) in [7, 11) is -3.89. The van der Waals surface area contributed by atoms with E-state index in [9.17, 15) is 17.6 Å². The van der Waals surface area contributed by atoms with Crippen LogP contribution in [-0.4, -0.2) is 51.0 Å². The maximum absolute atomic E-state index is 13.8. The van der Waals surface area contributed by atoms with Crippen molar-refractivity contribution in [2.24, 2.45) is 11.3 Å². The molecule has 2 saturated heterocycles. The normalized spacial score (nSPS) is 25.5. The molecule has 6 nitrogen and oxygen atoms in total. The van der Waals surface area contributed by atoms with Crippen LogP contribution in [0.1, 0.15) is 50.5 Å². The molecule has 1 aliphatic carbocycles. The Hall–Kier alpha value is -1.51. The number of halogens is 1. The number of aryl methyl sites for hydroxylation is 1. The second kappa shape index (κ2) is 8.55. The number of carbonyl (C=O) groups is 1. The standard InChI is InChI=1S/C22H31FN2O4S/c1-16-7-8-17(23)13-20(16)30(27,28)25-14-19(22(15-25)9-11-29-12-10-22)21(26)24-18-5-3-2-4-6-18/h7-8,13,18-19H,2-6,9-12,14-15H2,1H3,(H,24,26). The quantitative estimate of drug-likeness (QED) is 0.784. The van der Waals surface area contributed by atoms with E-state index in [2.05, 4.69) is 5.32 Å². The number of rotatable bonds is 4. The van der Waals surface area contributed by atoms with Gasteiger partial charge >= 0.3 is 0 Å². The molecule has 166 valence electrons. The molecule has 1 spiro atoms. The topological polar surface area (TPSA) is 75.7 Å². The van der Waals surface area contributed by atoms with Crippen LogP contribution in [0.2, 0.25) is 0 Å². The van der Waals surface area contributed by atoms with E-state index < -0.39 is 27.2 Å². The van der Waals surface area contributed by atoms with Gasteiger partial charge in [-0.3, -0.25) is 4.79 Å². The minimum atomic E-state index is -3.89. The first-order chi connectivity index (χ1) is 14.3. The maximum Gasteiger partial charge on any atom is 0.243 e. The van der Waals surface area contributed by atoms with E-state index in [0.717, 1.165) is 31.7 Å². The summed E-state index contributed by atoms with van der Waals surface area (Å²) in [6.07, 6.45) is 6.73. The van der Waals surface area contributed by atoms with E-state index in [1.165, 1.54) is 22.9 Å². The molecule has 1 aromatic rings. The van der Waals surface area contributed by atoms with Gasteiger partial charge in [0.05, 0.1) is 10.8 Å². The number of sulfonamides is 1. The van der Waals surface area contributed by atoms with Crippen LogP contribution < -0.4 is 5.32 Å². The first-order valence-electron chi connectivity index (χ1n) is 11.0. The lowest BCUT2D eigenvalue weighted by Gasteiger charge is -2.38. The average Bonchev–Trinajstić information content (AvgIpc) is 3.10. The molecule has 3 aliphatic rings. The molecule has 2 aliphatic heterocycles. The SMILES string of the molecule is Cc1ccc(F)cc1S(=O)(=O)N1CC(C(=O)NC2CCCCC2)C2(CCOCC2)C1. The zero-order valence-electron chi connectivity index (χ0n) is 17.5. The third-order valence-electron chi connectivity index (χ3n) is 7.14. The lowest BCUT2D eigenvalue weighted by atomic mass is 9.71. The predicted molar refractivity (Wildman–Crippen MR) is 111 cm³/mol. The van der Waals surface area contributed by atoms with Crippen LogP contribution in [0, 0.1) is 24.1 Å². The van der Waals surface area contributed by atoms with Crippen molar-refractivity contribution in [1.29, 1.82) is 0 Å². The van der Waals surface area contributed by atoms with Crippen LogP contribution in [-0.2, 0) is 19.6 Å². The molecule has 1 atom stereocenters. The largest absolute Gasteiger partial charge is 0.381 e. The van der Waals surface area contributed by atoms with Gasteiger partial charge in [-0.05, 0) is 50.3 Å². The first kappa shape index (κ1) is 21.7. The Bertz CT molecular complexity index is 892. The number of nitrogens with zero attached hydrogens (tertiary/aromatic N) is 1. The lowest BCUT2D eigenvalue weighted by molar-refractivity contribution is -0.130. The Balaban J connectivity index is 1.60. The van der Waals surface area contributed by atoms with Gasteiger partial charge < -0.3 is 10.1 Å². The highest BCUT2D eigenvalue weighted by molar-refractivity contribution is 7.89. The molecular weight excluding hydrogens is 407 g/mol. The van der Waals surface area contributed by atoms with E-state index in [4.69, 9.17) is 4.74 Å². The number of nitrogens with one attached hydrogen (secondary N) is 1. The van der Waals surface area contributed by atoms with Crippen LogP contribution in [0.5, 0.6) is 0 Å². The Labute approximate surface area is 178 Å². The van der Waals surface area contributed by atoms with Gasteiger partial charge in [-0.1, -0.05) is 25.3 Å². The van der Waals surface area contributed by atoms with Gasteiger partial charge in [0.25, 0.3) is 0 Å². The summed E-state index contributed by atoms with van der Waals surface area (Å²) in [5, 5.41) is 3.20. The second-order valence-corrected chi connectivity index (χ2v) is 11.0. The van der Waals surface area contributed by atoms with Crippen LogP contribution in [0.4, 0.5) is 4.39 Å². The van der Waals surface area contributed by atoms with Crippen molar-refractivity contribution in [3.63, 3.8) is 0 Å². The van der Waals surface area contributed by atoms with Gasteiger partial charge in [0, 0.05) is 37.8 Å². The van der Waals surface area contributed by atoms with Gasteiger partial charge in [-0.15, -0.1) is 0 Å². The monoisotopic (exact) mass is 438 g/mol. The van der Waals surface area contributed by atoms with E-state index in [-0.39, 0.29) is 29.9 Å². The van der Waals surface area contributed by atoms with E-state index in [1.807, 2.05) is 0 Å². The molecule has 4 rings (SSSR count). The van der Waals surface area contributed by atoms with Crippen molar-refractivity contribution in [3.8, 4) is 0 Å². The highest BCUT2D eigenvalue weighted by Gasteiger charge is 2.53. The lowest BCUT2D eigenvalue weighted by Crippen LogP contribution is -2.47. The molecular formula is C22H31FN2O4S. The van der Waals surface area contributed by atoms with Crippen molar-refractivity contribution < 1.29 is 22.3 Å². The number of carbonyl (C=O) groups excluding carboxylic acids is 1. The third-order valence-corrected chi connectivity index (χ3v) is 9.09. The first-order valence-corrected chi connectivity index (χ1v) is 12.4. The van der Waals surface area contributed by atoms with Crippen LogP contribution >= 0.6 is 0 Å². The van der Waals surface area contributed by atoms with E-state index in [0.29, 0.717) is 31.6 Å². The molecule has 2 heterocycles. The summed E-state index contributed by atoms with van der Waals surface area (Å²) < 4.78 is 47.5. The van der Waals surface area contributed by atoms with Gasteiger partial charge in [0.2, 0.25) is 15.9 Å². The molecule has 1 N–H and O–H groups in total. The highest BCUT2D eigenvalue weighted by Crippen LogP contribution is 2.46. The van der Waals surface area contributed by atoms with Gasteiger partial charge in [0.15, 0.2) is 0 Å². The molecule has 0 aromatic heterocycles. The molecule has 0 radical (unpaired) electrons. The highest BCUT2D eigenvalue weighted by atomic mass is 32.2. The maximum atomic E-state index is 13.8. The molecule has 3 fully saturated rings. The fourth-order valence-electron chi connectivity index (χ4n) is 5.29. The number of hydrogen-bond donors (Lipinski definition) is 1. The number of amides is 1. The van der Waals surface area contributed by atoms with E-state index >= 15 is 0 Å². The smallest absolute Gasteiger partial charge is 0.243 e. The fourth-order valence-corrected chi connectivity index (χ4v) is 7.08. The van der Waals surface area contributed by atoms with Crippen molar-refractivity contribution in [2.45, 2.75) is 62.8 Å². The van der Waals surface area contributed by atoms with E-state index in [1.54, 1.807) is 6.92 Å². The number of hydrogen-bond acceptors (Lipinski definition) is 4. The Morgan fingerprint density at radius 2 is 1.90 bits per heavy atom. The zero-order valence-corrected chi connectivity index (χ0v) is 18.3. The van der Waals surface area contributed by atoms with Crippen LogP contribution in [0.3, 0.4) is 0 Å². The summed E-state index contributed by atoms with van der Waals surface area (Å²) in [6, 6.07) is 4.00. The zero-order chi connectivity index (χ0) is 21.4. The fraction of sp³-hybridized carbons (Fsp3) is 0.682. The Kier molecular flexibility index (Phi) is 6.19. The van der Waals surface area contributed by atoms with Gasteiger partial charge in [0.1, 0.15) is 5.82 Å². The minimum absolute atomic E-state index is 0.0157. The number of benzene rings is 1. The summed E-state index contributed by atoms with van der Waals surface area (Å²) in [5.41, 5.74) is 0.0817. The summed E-state index contributed by atoms with van der Waals surface area (Å²) in [4.78, 5) is 13.3.